The van der Waals surface area contributed by atoms with E-state index in [2.05, 4.69) is 0 Å². The van der Waals surface area contributed by atoms with Crippen molar-refractivity contribution in [1.82, 2.24) is 0 Å². The van der Waals surface area contributed by atoms with Crippen LogP contribution in [0, 0.1) is 0 Å². The Morgan fingerprint density at radius 1 is 1.37 bits per heavy atom. The minimum Gasteiger partial charge on any atom is -0.478 e. The second-order valence-corrected chi connectivity index (χ2v) is 4.96. The van der Waals surface area contributed by atoms with Gasteiger partial charge in [0.2, 0.25) is 0 Å². The molecule has 1 aromatic carbocycles. The number of methoxy groups -OCH3 is 1. The van der Waals surface area contributed by atoms with Crippen molar-refractivity contribution >= 4 is 5.97 Å². The van der Waals surface area contributed by atoms with Crippen molar-refractivity contribution in [1.29, 1.82) is 0 Å². The summed E-state index contributed by atoms with van der Waals surface area (Å²) in [6.07, 6.45) is 4.72. The van der Waals surface area contributed by atoms with Crippen molar-refractivity contribution in [2.45, 2.75) is 44.5 Å². The molecule has 1 N–H and O–H groups in total. The number of hydrogen-bond acceptors (Lipinski definition) is 3. The van der Waals surface area contributed by atoms with Crippen molar-refractivity contribution in [2.24, 2.45) is 0 Å². The van der Waals surface area contributed by atoms with Gasteiger partial charge in [0.05, 0.1) is 24.4 Å². The summed E-state index contributed by atoms with van der Waals surface area (Å²) >= 11 is 0. The largest absolute Gasteiger partial charge is 0.478 e. The number of hydrogen-bond donors (Lipinski definition) is 1. The normalized spacial score (nSPS) is 23.2. The maximum Gasteiger partial charge on any atom is 0.335 e. The van der Waals surface area contributed by atoms with Crippen LogP contribution >= 0.6 is 0 Å². The molecule has 104 valence electrons. The van der Waals surface area contributed by atoms with Gasteiger partial charge in [0.25, 0.3) is 0 Å². The summed E-state index contributed by atoms with van der Waals surface area (Å²) in [4.78, 5) is 10.9. The zero-order valence-corrected chi connectivity index (χ0v) is 11.2. The van der Waals surface area contributed by atoms with Crippen LogP contribution in [-0.4, -0.2) is 30.4 Å². The smallest absolute Gasteiger partial charge is 0.335 e. The van der Waals surface area contributed by atoms with Gasteiger partial charge in [-0.3, -0.25) is 0 Å². The first-order valence-electron chi connectivity index (χ1n) is 6.65. The van der Waals surface area contributed by atoms with Gasteiger partial charge in [0, 0.05) is 7.11 Å². The zero-order chi connectivity index (χ0) is 13.7. The maximum absolute atomic E-state index is 10.9. The minimum atomic E-state index is -0.904. The van der Waals surface area contributed by atoms with E-state index in [-0.39, 0.29) is 6.10 Å². The Morgan fingerprint density at radius 2 is 2.16 bits per heavy atom. The molecule has 0 amide bonds. The molecule has 0 spiro atoms. The van der Waals surface area contributed by atoms with E-state index in [1.807, 2.05) is 6.07 Å². The van der Waals surface area contributed by atoms with Crippen molar-refractivity contribution in [3.05, 3.63) is 35.4 Å². The van der Waals surface area contributed by atoms with Crippen LogP contribution in [0.15, 0.2) is 24.3 Å². The van der Waals surface area contributed by atoms with Crippen LogP contribution in [0.1, 0.15) is 41.6 Å². The molecule has 4 nitrogen and oxygen atoms in total. The Hall–Kier alpha value is -1.39. The second kappa shape index (κ2) is 6.68. The van der Waals surface area contributed by atoms with Gasteiger partial charge < -0.3 is 14.6 Å². The van der Waals surface area contributed by atoms with Crippen LogP contribution in [0.5, 0.6) is 0 Å². The molecule has 0 heterocycles. The maximum atomic E-state index is 10.9. The van der Waals surface area contributed by atoms with Gasteiger partial charge in [0.15, 0.2) is 0 Å². The van der Waals surface area contributed by atoms with Gasteiger partial charge in [-0.25, -0.2) is 4.79 Å². The van der Waals surface area contributed by atoms with Crippen LogP contribution in [0.4, 0.5) is 0 Å². The lowest BCUT2D eigenvalue weighted by Gasteiger charge is -2.28. The first-order chi connectivity index (χ1) is 9.19. The quantitative estimate of drug-likeness (QED) is 0.888. The van der Waals surface area contributed by atoms with E-state index >= 15 is 0 Å². The van der Waals surface area contributed by atoms with Crippen molar-refractivity contribution < 1.29 is 19.4 Å². The highest BCUT2D eigenvalue weighted by molar-refractivity contribution is 5.87. The molecule has 2 atom stereocenters. The lowest BCUT2D eigenvalue weighted by Crippen LogP contribution is -2.27. The first kappa shape index (κ1) is 14.0. The third-order valence-corrected chi connectivity index (χ3v) is 3.57. The average molecular weight is 264 g/mol. The van der Waals surface area contributed by atoms with E-state index in [0.29, 0.717) is 18.3 Å². The van der Waals surface area contributed by atoms with Gasteiger partial charge in [-0.15, -0.1) is 0 Å². The van der Waals surface area contributed by atoms with Gasteiger partial charge in [-0.05, 0) is 43.4 Å². The molecule has 4 heteroatoms. The molecule has 1 aromatic rings. The van der Waals surface area contributed by atoms with Crippen LogP contribution < -0.4 is 0 Å². The molecular weight excluding hydrogens is 244 g/mol. The standard InChI is InChI=1S/C15H20O4/c1-18-13-6-3-7-14(9-13)19-10-11-4-2-5-12(8-11)15(16)17/h2,4-5,8,13-14H,3,6-7,9-10H2,1H3,(H,16,17). The highest BCUT2D eigenvalue weighted by Gasteiger charge is 2.22. The minimum absolute atomic E-state index is 0.215. The summed E-state index contributed by atoms with van der Waals surface area (Å²) in [5, 5.41) is 8.94. The van der Waals surface area contributed by atoms with Crippen molar-refractivity contribution in [3.63, 3.8) is 0 Å². The fraction of sp³-hybridized carbons (Fsp3) is 0.533. The third-order valence-electron chi connectivity index (χ3n) is 3.57. The van der Waals surface area contributed by atoms with Crippen molar-refractivity contribution in [3.8, 4) is 0 Å². The SMILES string of the molecule is COC1CCCC(OCc2cccc(C(=O)O)c2)C1. The number of benzene rings is 1. The number of carboxylic acid groups (broad SMARTS) is 1. The van der Waals surface area contributed by atoms with Crippen LogP contribution in [-0.2, 0) is 16.1 Å². The van der Waals surface area contributed by atoms with Gasteiger partial charge in [-0.1, -0.05) is 12.1 Å². The van der Waals surface area contributed by atoms with E-state index in [9.17, 15) is 4.79 Å². The Balaban J connectivity index is 1.88. The van der Waals surface area contributed by atoms with Crippen molar-refractivity contribution in [2.75, 3.05) is 7.11 Å². The zero-order valence-electron chi connectivity index (χ0n) is 11.2. The Labute approximate surface area is 113 Å². The number of ether oxygens (including phenoxy) is 2. The van der Waals surface area contributed by atoms with E-state index in [1.165, 1.54) is 0 Å². The molecule has 0 aliphatic heterocycles. The van der Waals surface area contributed by atoms with E-state index in [4.69, 9.17) is 14.6 Å². The molecule has 0 radical (unpaired) electrons. The highest BCUT2D eigenvalue weighted by atomic mass is 16.5. The number of aromatic carboxylic acids is 1. The van der Waals surface area contributed by atoms with E-state index in [0.717, 1.165) is 31.2 Å². The lowest BCUT2D eigenvalue weighted by atomic mass is 9.95. The van der Waals surface area contributed by atoms with Gasteiger partial charge in [-0.2, -0.15) is 0 Å². The summed E-state index contributed by atoms with van der Waals surface area (Å²) in [5.74, 6) is -0.904. The molecular formula is C15H20O4. The molecule has 2 unspecified atom stereocenters. The molecule has 1 aliphatic rings. The topological polar surface area (TPSA) is 55.8 Å². The third kappa shape index (κ3) is 4.04. The molecule has 1 fully saturated rings. The van der Waals surface area contributed by atoms with Crippen LogP contribution in [0.25, 0.3) is 0 Å². The summed E-state index contributed by atoms with van der Waals surface area (Å²) < 4.78 is 11.2. The van der Waals surface area contributed by atoms with E-state index in [1.54, 1.807) is 25.3 Å². The highest BCUT2D eigenvalue weighted by Crippen LogP contribution is 2.24. The molecule has 2 rings (SSSR count). The summed E-state index contributed by atoms with van der Waals surface area (Å²) in [6, 6.07) is 6.90. The second-order valence-electron chi connectivity index (χ2n) is 4.96. The number of rotatable bonds is 5. The number of carbonyl (C=O) groups is 1. The van der Waals surface area contributed by atoms with Gasteiger partial charge in [0.1, 0.15) is 0 Å². The fourth-order valence-corrected chi connectivity index (χ4v) is 2.48. The first-order valence-corrected chi connectivity index (χ1v) is 6.65. The molecule has 1 saturated carbocycles. The predicted octanol–water partition coefficient (Wildman–Crippen LogP) is 2.86. The molecule has 1 aliphatic carbocycles. The Bertz CT molecular complexity index is 430. The van der Waals surface area contributed by atoms with Crippen LogP contribution in [0.2, 0.25) is 0 Å². The number of carboxylic acids is 1. The molecule has 19 heavy (non-hydrogen) atoms. The fourth-order valence-electron chi connectivity index (χ4n) is 2.48. The Kier molecular flexibility index (Phi) is 4.93. The summed E-state index contributed by atoms with van der Waals surface area (Å²) in [7, 11) is 1.74. The predicted molar refractivity (Wildman–Crippen MR) is 71.2 cm³/mol. The monoisotopic (exact) mass is 264 g/mol. The lowest BCUT2D eigenvalue weighted by molar-refractivity contribution is -0.0363. The summed E-state index contributed by atoms with van der Waals surface area (Å²) in [6.45, 7) is 0.461. The van der Waals surface area contributed by atoms with E-state index < -0.39 is 5.97 Å². The summed E-state index contributed by atoms with van der Waals surface area (Å²) in [5.41, 5.74) is 1.21. The molecule has 0 aromatic heterocycles. The molecule has 0 saturated heterocycles. The van der Waals surface area contributed by atoms with Gasteiger partial charge >= 0.3 is 5.97 Å². The Morgan fingerprint density at radius 3 is 2.89 bits per heavy atom. The van der Waals surface area contributed by atoms with Crippen LogP contribution in [0.3, 0.4) is 0 Å². The average Bonchev–Trinajstić information content (AvgIpc) is 2.45. The molecule has 0 bridgehead atoms.